The Morgan fingerprint density at radius 3 is 2.87 bits per heavy atom. The van der Waals surface area contributed by atoms with E-state index in [1.807, 2.05) is 6.92 Å². The first-order valence-corrected chi connectivity index (χ1v) is 6.06. The highest BCUT2D eigenvalue weighted by atomic mass is 32.1. The summed E-state index contributed by atoms with van der Waals surface area (Å²) in [6.45, 7) is 4.11. The van der Waals surface area contributed by atoms with Gasteiger partial charge < -0.3 is 5.11 Å². The fourth-order valence-electron chi connectivity index (χ4n) is 1.71. The molecule has 0 bridgehead atoms. The molecule has 2 unspecified atom stereocenters. The first kappa shape index (κ1) is 10.8. The first-order valence-electron chi connectivity index (χ1n) is 5.25. The number of thiazole rings is 1. The van der Waals surface area contributed by atoms with Crippen molar-refractivity contribution in [2.24, 2.45) is 11.8 Å². The van der Waals surface area contributed by atoms with Gasteiger partial charge in [0, 0.05) is 23.8 Å². The lowest BCUT2D eigenvalue weighted by Gasteiger charge is -1.91. The van der Waals surface area contributed by atoms with Crippen molar-refractivity contribution in [3.8, 4) is 0 Å². The zero-order valence-corrected chi connectivity index (χ0v) is 9.80. The maximum atomic E-state index is 11.9. The van der Waals surface area contributed by atoms with E-state index >= 15 is 0 Å². The fraction of sp³-hybridized carbons (Fsp3) is 0.636. The van der Waals surface area contributed by atoms with Gasteiger partial charge in [-0.1, -0.05) is 6.92 Å². The smallest absolute Gasteiger partial charge is 0.194 e. The Morgan fingerprint density at radius 2 is 2.33 bits per heavy atom. The van der Waals surface area contributed by atoms with Crippen molar-refractivity contribution in [2.45, 2.75) is 26.7 Å². The van der Waals surface area contributed by atoms with Crippen LogP contribution >= 0.6 is 11.3 Å². The number of ketones is 1. The van der Waals surface area contributed by atoms with Crippen LogP contribution in [0.1, 0.15) is 33.7 Å². The zero-order valence-electron chi connectivity index (χ0n) is 8.99. The summed E-state index contributed by atoms with van der Waals surface area (Å²) in [6, 6.07) is 0. The lowest BCUT2D eigenvalue weighted by molar-refractivity contribution is 0.0962. The van der Waals surface area contributed by atoms with Crippen molar-refractivity contribution in [3.63, 3.8) is 0 Å². The van der Waals surface area contributed by atoms with Crippen LogP contribution in [0.2, 0.25) is 0 Å². The second-order valence-electron chi connectivity index (χ2n) is 4.18. The van der Waals surface area contributed by atoms with Crippen LogP contribution < -0.4 is 0 Å². The van der Waals surface area contributed by atoms with Gasteiger partial charge in [0.05, 0.1) is 5.69 Å². The molecule has 1 fully saturated rings. The summed E-state index contributed by atoms with van der Waals surface area (Å²) in [6.07, 6.45) is 1.61. The molecule has 1 N–H and O–H groups in total. The van der Waals surface area contributed by atoms with E-state index in [-0.39, 0.29) is 18.3 Å². The molecule has 0 amide bonds. The van der Waals surface area contributed by atoms with Crippen molar-refractivity contribution in [2.75, 3.05) is 6.61 Å². The van der Waals surface area contributed by atoms with Crippen LogP contribution in [0.5, 0.6) is 0 Å². The molecule has 0 aromatic carbocycles. The second-order valence-corrected chi connectivity index (χ2v) is 5.27. The van der Waals surface area contributed by atoms with E-state index in [2.05, 4.69) is 11.9 Å². The van der Waals surface area contributed by atoms with E-state index in [1.54, 1.807) is 0 Å². The Bertz CT molecular complexity index is 386. The van der Waals surface area contributed by atoms with Gasteiger partial charge in [-0.15, -0.1) is 11.3 Å². The Balaban J connectivity index is 2.15. The minimum atomic E-state index is 0.122. The molecule has 0 radical (unpaired) electrons. The van der Waals surface area contributed by atoms with Gasteiger partial charge in [-0.25, -0.2) is 4.98 Å². The normalized spacial score (nSPS) is 24.2. The number of aryl methyl sites for hydroxylation is 1. The fourth-order valence-corrected chi connectivity index (χ4v) is 2.77. The van der Waals surface area contributed by atoms with E-state index in [4.69, 9.17) is 5.11 Å². The van der Waals surface area contributed by atoms with Crippen molar-refractivity contribution in [1.29, 1.82) is 0 Å². The topological polar surface area (TPSA) is 50.2 Å². The quantitative estimate of drug-likeness (QED) is 0.795. The average molecular weight is 225 g/mol. The summed E-state index contributed by atoms with van der Waals surface area (Å²) < 4.78 is 0. The van der Waals surface area contributed by atoms with Crippen LogP contribution in [0.4, 0.5) is 0 Å². The van der Waals surface area contributed by atoms with Crippen molar-refractivity contribution >= 4 is 17.1 Å². The van der Waals surface area contributed by atoms with Gasteiger partial charge in [-0.3, -0.25) is 4.79 Å². The standard InChI is InChI=1S/C11H15NO2S/c1-6-5-8(6)10(14)11-12-7(2)9(15-11)3-4-13/h6,8,13H,3-5H2,1-2H3. The molecule has 1 saturated carbocycles. The van der Waals surface area contributed by atoms with E-state index in [9.17, 15) is 4.79 Å². The maximum absolute atomic E-state index is 11.9. The van der Waals surface area contributed by atoms with Crippen LogP contribution in [0.3, 0.4) is 0 Å². The number of hydrogen-bond acceptors (Lipinski definition) is 4. The second kappa shape index (κ2) is 4.02. The summed E-state index contributed by atoms with van der Waals surface area (Å²) in [4.78, 5) is 17.2. The molecule has 2 atom stereocenters. The maximum Gasteiger partial charge on any atom is 0.194 e. The van der Waals surface area contributed by atoms with Gasteiger partial charge in [0.15, 0.2) is 10.8 Å². The van der Waals surface area contributed by atoms with Crippen molar-refractivity contribution in [1.82, 2.24) is 4.98 Å². The molecule has 1 aliphatic rings. The minimum Gasteiger partial charge on any atom is -0.396 e. The number of aliphatic hydroxyl groups excluding tert-OH is 1. The molecule has 1 aliphatic carbocycles. The Hall–Kier alpha value is -0.740. The zero-order chi connectivity index (χ0) is 11.0. The SMILES string of the molecule is Cc1nc(C(=O)C2CC2C)sc1CCO. The monoisotopic (exact) mass is 225 g/mol. The largest absolute Gasteiger partial charge is 0.396 e. The van der Waals surface area contributed by atoms with Crippen molar-refractivity contribution in [3.05, 3.63) is 15.6 Å². The molecule has 3 nitrogen and oxygen atoms in total. The van der Waals surface area contributed by atoms with E-state index in [0.29, 0.717) is 17.3 Å². The average Bonchev–Trinajstić information content (AvgIpc) is 2.81. The van der Waals surface area contributed by atoms with Gasteiger partial charge in [0.1, 0.15) is 0 Å². The summed E-state index contributed by atoms with van der Waals surface area (Å²) >= 11 is 1.44. The third-order valence-electron chi connectivity index (χ3n) is 2.89. The highest BCUT2D eigenvalue weighted by molar-refractivity contribution is 7.13. The summed E-state index contributed by atoms with van der Waals surface area (Å²) in [5.74, 6) is 0.931. The lowest BCUT2D eigenvalue weighted by atomic mass is 10.2. The first-order chi connectivity index (χ1) is 7.13. The van der Waals surface area contributed by atoms with Crippen molar-refractivity contribution < 1.29 is 9.90 Å². The van der Waals surface area contributed by atoms with Gasteiger partial charge in [0.2, 0.25) is 0 Å². The number of carbonyl (C=O) groups excluding carboxylic acids is 1. The predicted molar refractivity (Wildman–Crippen MR) is 59.2 cm³/mol. The van der Waals surface area contributed by atoms with E-state index < -0.39 is 0 Å². The molecular formula is C11H15NO2S. The number of aliphatic hydroxyl groups is 1. The van der Waals surface area contributed by atoms with Gasteiger partial charge in [0.25, 0.3) is 0 Å². The number of rotatable bonds is 4. The molecule has 1 aromatic heterocycles. The molecule has 0 saturated heterocycles. The molecule has 1 aromatic rings. The predicted octanol–water partition coefficient (Wildman–Crippen LogP) is 1.83. The third kappa shape index (κ3) is 2.11. The number of carbonyl (C=O) groups is 1. The summed E-state index contributed by atoms with van der Waals surface area (Å²) in [5.41, 5.74) is 0.894. The summed E-state index contributed by atoms with van der Waals surface area (Å²) in [7, 11) is 0. The molecule has 2 rings (SSSR count). The molecule has 1 heterocycles. The Labute approximate surface area is 93.2 Å². The van der Waals surface area contributed by atoms with Crippen LogP contribution in [-0.2, 0) is 6.42 Å². The molecule has 82 valence electrons. The number of aromatic nitrogens is 1. The molecule has 0 aliphatic heterocycles. The van der Waals surface area contributed by atoms with Crippen LogP contribution in [0.25, 0.3) is 0 Å². The third-order valence-corrected chi connectivity index (χ3v) is 4.12. The number of Topliss-reactive ketones (excluding diaryl/α,β-unsaturated/α-hetero) is 1. The Kier molecular flexibility index (Phi) is 2.89. The summed E-state index contributed by atoms with van der Waals surface area (Å²) in [5, 5.41) is 9.48. The molecule has 15 heavy (non-hydrogen) atoms. The van der Waals surface area contributed by atoms with Crippen LogP contribution in [0, 0.1) is 18.8 Å². The highest BCUT2D eigenvalue weighted by Gasteiger charge is 2.40. The number of hydrogen-bond donors (Lipinski definition) is 1. The van der Waals surface area contributed by atoms with Gasteiger partial charge in [-0.2, -0.15) is 0 Å². The lowest BCUT2D eigenvalue weighted by Crippen LogP contribution is -2.01. The number of nitrogens with zero attached hydrogens (tertiary/aromatic N) is 1. The highest BCUT2D eigenvalue weighted by Crippen LogP contribution is 2.41. The van der Waals surface area contributed by atoms with Gasteiger partial charge in [-0.05, 0) is 19.3 Å². The van der Waals surface area contributed by atoms with E-state index in [1.165, 1.54) is 11.3 Å². The van der Waals surface area contributed by atoms with Crippen LogP contribution in [0.15, 0.2) is 0 Å². The Morgan fingerprint density at radius 1 is 1.67 bits per heavy atom. The molecule has 0 spiro atoms. The molecule has 4 heteroatoms. The van der Waals surface area contributed by atoms with Crippen LogP contribution in [-0.4, -0.2) is 22.5 Å². The van der Waals surface area contributed by atoms with E-state index in [0.717, 1.165) is 17.0 Å². The molecular weight excluding hydrogens is 210 g/mol. The minimum absolute atomic E-state index is 0.122. The van der Waals surface area contributed by atoms with Gasteiger partial charge >= 0.3 is 0 Å².